The van der Waals surface area contributed by atoms with Gasteiger partial charge in [0.2, 0.25) is 5.78 Å². The van der Waals surface area contributed by atoms with Gasteiger partial charge in [0.25, 0.3) is 0 Å². The van der Waals surface area contributed by atoms with E-state index in [2.05, 4.69) is 0 Å². The standard InChI is InChI=1S/C20H21NO4/c1-12-9-15(22)14(11-21(2)3)20-18(12)19(23)17(25-20)10-13-7-5-6-8-16(13)24-4/h5-10,22H,11H2,1-4H3/b17-10-. The Hall–Kier alpha value is -2.79. The number of fused-ring (bicyclic) bond motifs is 1. The van der Waals surface area contributed by atoms with Crippen molar-refractivity contribution >= 4 is 11.9 Å². The first-order valence-electron chi connectivity index (χ1n) is 8.12. The van der Waals surface area contributed by atoms with Crippen LogP contribution in [0.3, 0.4) is 0 Å². The fourth-order valence-corrected chi connectivity index (χ4v) is 3.01. The molecule has 3 rings (SSSR count). The zero-order valence-corrected chi connectivity index (χ0v) is 14.8. The van der Waals surface area contributed by atoms with E-state index in [1.165, 1.54) is 6.07 Å². The molecule has 130 valence electrons. The van der Waals surface area contributed by atoms with Crippen LogP contribution in [0.25, 0.3) is 6.08 Å². The van der Waals surface area contributed by atoms with Crippen LogP contribution in [0, 0.1) is 6.92 Å². The normalized spacial score (nSPS) is 14.8. The summed E-state index contributed by atoms with van der Waals surface area (Å²) in [5, 5.41) is 12.4. The number of ketones is 1. The highest BCUT2D eigenvalue weighted by Crippen LogP contribution is 2.40. The molecule has 0 aromatic heterocycles. The molecule has 0 amide bonds. The molecule has 1 heterocycles. The first-order chi connectivity index (χ1) is 11.9. The Balaban J connectivity index is 2.09. The topological polar surface area (TPSA) is 63.0 Å². The van der Waals surface area contributed by atoms with Gasteiger partial charge in [-0.15, -0.1) is 0 Å². The highest BCUT2D eigenvalue weighted by atomic mass is 16.5. The van der Waals surface area contributed by atoms with Gasteiger partial charge < -0.3 is 19.5 Å². The molecule has 0 unspecified atom stereocenters. The molecule has 0 fully saturated rings. The third-order valence-electron chi connectivity index (χ3n) is 4.16. The number of para-hydroxylation sites is 1. The number of aryl methyl sites for hydroxylation is 1. The minimum atomic E-state index is -0.201. The van der Waals surface area contributed by atoms with Crippen LogP contribution < -0.4 is 19.5 Å². The van der Waals surface area contributed by atoms with Crippen LogP contribution in [0.15, 0.2) is 36.1 Å². The Bertz CT molecular complexity index is 868. The molecule has 2 aromatic carbocycles. The van der Waals surface area contributed by atoms with Crippen LogP contribution in [0.4, 0.5) is 0 Å². The lowest BCUT2D eigenvalue weighted by Gasteiger charge is -2.19. The number of allylic oxidation sites excluding steroid dienone is 1. The summed E-state index contributed by atoms with van der Waals surface area (Å²) in [6.07, 6.45) is 1.66. The van der Waals surface area contributed by atoms with Crippen LogP contribution in [-0.2, 0) is 6.54 Å². The Labute approximate surface area is 147 Å². The smallest absolute Gasteiger partial charge is 0.232 e. The van der Waals surface area contributed by atoms with Gasteiger partial charge in [-0.1, -0.05) is 30.0 Å². The molecule has 0 radical (unpaired) electrons. The summed E-state index contributed by atoms with van der Waals surface area (Å²) in [6, 6.07) is 8.91. The lowest BCUT2D eigenvalue weighted by molar-refractivity contribution is -0.872. The third-order valence-corrected chi connectivity index (χ3v) is 4.16. The molecule has 1 N–H and O–H groups in total. The van der Waals surface area contributed by atoms with E-state index >= 15 is 0 Å². The van der Waals surface area contributed by atoms with E-state index in [-0.39, 0.29) is 17.3 Å². The van der Waals surface area contributed by atoms with E-state index in [0.717, 1.165) is 10.5 Å². The first-order valence-corrected chi connectivity index (χ1v) is 8.12. The van der Waals surface area contributed by atoms with Gasteiger partial charge in [0.1, 0.15) is 18.0 Å². The van der Waals surface area contributed by atoms with E-state index in [1.807, 2.05) is 38.4 Å². The molecule has 0 aliphatic carbocycles. The van der Waals surface area contributed by atoms with Gasteiger partial charge in [0.15, 0.2) is 5.76 Å². The number of hydrogen-bond donors (Lipinski definition) is 1. The third kappa shape index (κ3) is 3.10. The largest absolute Gasteiger partial charge is 0.872 e. The van der Waals surface area contributed by atoms with Gasteiger partial charge in [-0.2, -0.15) is 0 Å². The van der Waals surface area contributed by atoms with Crippen molar-refractivity contribution in [2.45, 2.75) is 13.5 Å². The summed E-state index contributed by atoms with van der Waals surface area (Å²) in [7, 11) is 5.48. The summed E-state index contributed by atoms with van der Waals surface area (Å²) in [6.45, 7) is 2.26. The number of carbonyl (C=O) groups is 1. The van der Waals surface area contributed by atoms with Crippen LogP contribution in [0.1, 0.15) is 27.0 Å². The molecule has 0 bridgehead atoms. The van der Waals surface area contributed by atoms with Crippen molar-refractivity contribution in [2.75, 3.05) is 21.2 Å². The average molecular weight is 339 g/mol. The Morgan fingerprint density at radius 3 is 2.68 bits per heavy atom. The van der Waals surface area contributed by atoms with E-state index in [1.54, 1.807) is 20.1 Å². The van der Waals surface area contributed by atoms with Gasteiger partial charge in [0, 0.05) is 11.1 Å². The van der Waals surface area contributed by atoms with E-state index < -0.39 is 0 Å². The predicted molar refractivity (Wildman–Crippen MR) is 93.1 cm³/mol. The Morgan fingerprint density at radius 2 is 2.00 bits per heavy atom. The number of benzene rings is 2. The first kappa shape index (κ1) is 17.0. The van der Waals surface area contributed by atoms with Gasteiger partial charge in [-0.05, 0) is 24.6 Å². The summed E-state index contributed by atoms with van der Waals surface area (Å²) in [4.78, 5) is 13.9. The number of rotatable bonds is 4. The molecular weight excluding hydrogens is 318 g/mol. The summed E-state index contributed by atoms with van der Waals surface area (Å²) >= 11 is 0. The SMILES string of the molecule is COc1ccccc1/C=C1\Oc2c(C[NH+](C)C)c([O-])cc(C)c2C1=O. The van der Waals surface area contributed by atoms with E-state index in [0.29, 0.717) is 34.7 Å². The quantitative estimate of drug-likeness (QED) is 0.854. The maximum absolute atomic E-state index is 12.8. The van der Waals surface area contributed by atoms with Gasteiger partial charge in [-0.25, -0.2) is 0 Å². The van der Waals surface area contributed by atoms with Gasteiger partial charge in [0.05, 0.1) is 26.8 Å². The second-order valence-electron chi connectivity index (χ2n) is 6.44. The van der Waals surface area contributed by atoms with Crippen molar-refractivity contribution in [3.8, 4) is 17.2 Å². The zero-order chi connectivity index (χ0) is 18.1. The average Bonchev–Trinajstić information content (AvgIpc) is 2.89. The molecule has 0 spiro atoms. The van der Waals surface area contributed by atoms with Crippen molar-refractivity contribution in [2.24, 2.45) is 0 Å². The summed E-state index contributed by atoms with van der Waals surface area (Å²) in [5.74, 6) is 0.972. The zero-order valence-electron chi connectivity index (χ0n) is 14.8. The highest BCUT2D eigenvalue weighted by molar-refractivity contribution is 6.16. The maximum atomic E-state index is 12.8. The number of methoxy groups -OCH3 is 1. The number of quaternary nitrogens is 1. The number of carbonyl (C=O) groups excluding carboxylic acids is 1. The molecule has 5 heteroatoms. The number of Topliss-reactive ketones (excluding diaryl/α,β-unsaturated/α-hetero) is 1. The van der Waals surface area contributed by atoms with Crippen molar-refractivity contribution in [3.05, 3.63) is 58.3 Å². The van der Waals surface area contributed by atoms with E-state index in [4.69, 9.17) is 9.47 Å². The monoisotopic (exact) mass is 339 g/mol. The summed E-state index contributed by atoms with van der Waals surface area (Å²) < 4.78 is 11.2. The van der Waals surface area contributed by atoms with Crippen LogP contribution in [0.2, 0.25) is 0 Å². The van der Waals surface area contributed by atoms with Gasteiger partial charge >= 0.3 is 0 Å². The molecule has 0 saturated heterocycles. The minimum Gasteiger partial charge on any atom is -0.872 e. The van der Waals surface area contributed by atoms with Gasteiger partial charge in [-0.3, -0.25) is 4.79 Å². The fourth-order valence-electron chi connectivity index (χ4n) is 3.01. The van der Waals surface area contributed by atoms with Crippen molar-refractivity contribution in [1.82, 2.24) is 0 Å². The molecule has 0 atom stereocenters. The van der Waals surface area contributed by atoms with Crippen LogP contribution in [0.5, 0.6) is 17.2 Å². The number of ether oxygens (including phenoxy) is 2. The lowest BCUT2D eigenvalue weighted by atomic mass is 9.99. The minimum absolute atomic E-state index is 0.0937. The predicted octanol–water partition coefficient (Wildman–Crippen LogP) is 1.34. The molecule has 5 nitrogen and oxygen atoms in total. The second kappa shape index (κ2) is 6.61. The second-order valence-corrected chi connectivity index (χ2v) is 6.44. The van der Waals surface area contributed by atoms with Crippen molar-refractivity contribution < 1.29 is 24.3 Å². The Morgan fingerprint density at radius 1 is 1.28 bits per heavy atom. The molecule has 1 aliphatic heterocycles. The van der Waals surface area contributed by atoms with Crippen molar-refractivity contribution in [1.29, 1.82) is 0 Å². The Kier molecular flexibility index (Phi) is 4.51. The molecule has 0 saturated carbocycles. The fraction of sp³-hybridized carbons (Fsp3) is 0.250. The molecular formula is C20H21NO4. The van der Waals surface area contributed by atoms with Crippen LogP contribution >= 0.6 is 0 Å². The summed E-state index contributed by atoms with van der Waals surface area (Å²) in [5.41, 5.74) is 2.42. The lowest BCUT2D eigenvalue weighted by Crippen LogP contribution is -3.04. The number of hydrogen-bond acceptors (Lipinski definition) is 4. The molecule has 25 heavy (non-hydrogen) atoms. The highest BCUT2D eigenvalue weighted by Gasteiger charge is 2.32. The maximum Gasteiger partial charge on any atom is 0.232 e. The van der Waals surface area contributed by atoms with Crippen LogP contribution in [-0.4, -0.2) is 27.0 Å². The number of nitrogens with one attached hydrogen (secondary N) is 1. The van der Waals surface area contributed by atoms with E-state index in [9.17, 15) is 9.90 Å². The van der Waals surface area contributed by atoms with Crippen molar-refractivity contribution in [3.63, 3.8) is 0 Å². The molecule has 1 aliphatic rings. The molecule has 2 aromatic rings.